The van der Waals surface area contributed by atoms with Gasteiger partial charge in [-0.3, -0.25) is 19.9 Å². The monoisotopic (exact) mass is 536 g/mol. The van der Waals surface area contributed by atoms with Crippen LogP contribution in [0.1, 0.15) is 25.2 Å². The van der Waals surface area contributed by atoms with Crippen molar-refractivity contribution in [2.24, 2.45) is 0 Å². The van der Waals surface area contributed by atoms with E-state index in [4.69, 9.17) is 9.97 Å². The molecule has 0 saturated heterocycles. The predicted octanol–water partition coefficient (Wildman–Crippen LogP) is 3.87. The second-order valence-electron chi connectivity index (χ2n) is 8.22. The third-order valence-corrected chi connectivity index (χ3v) is 5.77. The third kappa shape index (κ3) is 3.59. The van der Waals surface area contributed by atoms with E-state index in [0.717, 1.165) is 33.5 Å². The Kier molecular flexibility index (Phi) is 5.52. The number of fused-ring (bicyclic) bond motifs is 2. The van der Waals surface area contributed by atoms with Crippen LogP contribution >= 0.6 is 0 Å². The van der Waals surface area contributed by atoms with Crippen LogP contribution in [0.25, 0.3) is 33.7 Å². The van der Waals surface area contributed by atoms with Gasteiger partial charge in [-0.2, -0.15) is 0 Å². The summed E-state index contributed by atoms with van der Waals surface area (Å²) in [4.78, 5) is 27.4. The van der Waals surface area contributed by atoms with Crippen LogP contribution in [0, 0.1) is 12.7 Å². The van der Waals surface area contributed by atoms with E-state index in [9.17, 15) is 0 Å². The van der Waals surface area contributed by atoms with Crippen molar-refractivity contribution in [1.29, 1.82) is 0 Å². The van der Waals surface area contributed by atoms with Crippen molar-refractivity contribution in [3.05, 3.63) is 97.4 Å². The number of nitrogens with zero attached hydrogens (tertiary/aromatic N) is 8. The molecule has 0 aliphatic heterocycles. The van der Waals surface area contributed by atoms with Gasteiger partial charge in [0, 0.05) is 37.4 Å². The molecule has 0 fully saturated rings. The normalized spacial score (nSPS) is 11.6. The van der Waals surface area contributed by atoms with Gasteiger partial charge in [0.1, 0.15) is 0 Å². The van der Waals surface area contributed by atoms with Gasteiger partial charge in [-0.15, -0.1) is 0 Å². The van der Waals surface area contributed by atoms with Gasteiger partial charge in [-0.05, 0) is 24.9 Å². The number of hydrogen-bond acceptors (Lipinski definition) is 6. The Bertz CT molecular complexity index is 1500. The fraction of sp³-hybridized carbons (Fsp3) is 0.120. The van der Waals surface area contributed by atoms with Gasteiger partial charge in [0.2, 0.25) is 0 Å². The number of imidazole rings is 2. The Balaban J connectivity index is 0.00000241. The molecular weight excluding hydrogens is 519 g/mol. The van der Waals surface area contributed by atoms with Crippen molar-refractivity contribution in [3.8, 4) is 11.6 Å². The first-order chi connectivity index (χ1) is 16.1. The molecule has 0 saturated carbocycles. The predicted molar refractivity (Wildman–Crippen MR) is 123 cm³/mol. The molecule has 0 N–H and O–H groups in total. The van der Waals surface area contributed by atoms with Gasteiger partial charge < -0.3 is 19.1 Å². The first-order valence-corrected chi connectivity index (χ1v) is 10.5. The molecule has 0 unspecified atom stereocenters. The summed E-state index contributed by atoms with van der Waals surface area (Å²) in [7, 11) is 0. The summed E-state index contributed by atoms with van der Waals surface area (Å²) in [6, 6.07) is 15.7. The Morgan fingerprint density at radius 2 is 1.09 bits per heavy atom. The van der Waals surface area contributed by atoms with E-state index in [1.165, 1.54) is 0 Å². The number of aromatic nitrogens is 8. The van der Waals surface area contributed by atoms with Gasteiger partial charge in [-0.25, -0.2) is 0 Å². The van der Waals surface area contributed by atoms with E-state index in [1.807, 2.05) is 57.7 Å². The van der Waals surface area contributed by atoms with Crippen LogP contribution in [0.5, 0.6) is 0 Å². The van der Waals surface area contributed by atoms with Crippen LogP contribution in [0.3, 0.4) is 0 Å². The molecule has 9 heteroatoms. The maximum atomic E-state index is 4.89. The molecule has 8 nitrogen and oxygen atoms in total. The van der Waals surface area contributed by atoms with Crippen LogP contribution in [-0.4, -0.2) is 39.0 Å². The van der Waals surface area contributed by atoms with Gasteiger partial charge in [-0.1, -0.05) is 59.6 Å². The average molecular weight is 537 g/mol. The minimum Gasteiger partial charge on any atom is -0.410 e. The Hall–Kier alpha value is -3.80. The minimum atomic E-state index is -0.557. The average Bonchev–Trinajstić information content (AvgIpc) is 3.49. The van der Waals surface area contributed by atoms with Crippen molar-refractivity contribution in [1.82, 2.24) is 39.0 Å². The SMILES string of the molecule is CC(C)(c1cncc(-n2[c-]nc3ccccc32)n1)c1cncc(-n2[c-]nc3ccccc32)n1.[Pd+2]. The van der Waals surface area contributed by atoms with Crippen molar-refractivity contribution in [2.45, 2.75) is 19.3 Å². The van der Waals surface area contributed by atoms with Gasteiger partial charge in [0.15, 0.2) is 0 Å². The van der Waals surface area contributed by atoms with E-state index < -0.39 is 5.41 Å². The number of benzene rings is 2. The summed E-state index contributed by atoms with van der Waals surface area (Å²) >= 11 is 0. The molecule has 0 radical (unpaired) electrons. The Labute approximate surface area is 209 Å². The minimum absolute atomic E-state index is 0. The smallest absolute Gasteiger partial charge is 0.410 e. The van der Waals surface area contributed by atoms with Crippen LogP contribution in [0.15, 0.2) is 73.3 Å². The molecular formula is C25H18N8Pd. The molecule has 2 aromatic carbocycles. The van der Waals surface area contributed by atoms with Crippen molar-refractivity contribution in [3.63, 3.8) is 0 Å². The quantitative estimate of drug-likeness (QED) is 0.251. The Morgan fingerprint density at radius 1 is 0.647 bits per heavy atom. The van der Waals surface area contributed by atoms with Crippen LogP contribution in [0.2, 0.25) is 0 Å². The second kappa shape index (κ2) is 8.52. The molecule has 0 aliphatic carbocycles. The standard InChI is InChI=1S/C25H18N8.Pd/c1-25(2,21-11-26-13-23(30-21)32-15-28-17-7-3-5-9-19(17)32)22-12-27-14-24(31-22)33-16-29-18-8-4-6-10-20(18)33;/h3-14H,1-2H3;/q-2;+2. The van der Waals surface area contributed by atoms with Crippen LogP contribution in [-0.2, 0) is 25.8 Å². The van der Waals surface area contributed by atoms with Crippen molar-refractivity contribution in [2.75, 3.05) is 0 Å². The maximum absolute atomic E-state index is 4.89. The molecule has 0 amide bonds. The van der Waals surface area contributed by atoms with Crippen molar-refractivity contribution < 1.29 is 20.4 Å². The van der Waals surface area contributed by atoms with E-state index in [-0.39, 0.29) is 20.4 Å². The molecule has 34 heavy (non-hydrogen) atoms. The summed E-state index contributed by atoms with van der Waals surface area (Å²) in [6.07, 6.45) is 13.0. The fourth-order valence-electron chi connectivity index (χ4n) is 3.82. The Morgan fingerprint density at radius 3 is 1.56 bits per heavy atom. The number of rotatable bonds is 4. The zero-order valence-electron chi connectivity index (χ0n) is 18.3. The van der Waals surface area contributed by atoms with Crippen LogP contribution in [0.4, 0.5) is 0 Å². The molecule has 0 spiro atoms. The van der Waals surface area contributed by atoms with Gasteiger partial charge >= 0.3 is 20.4 Å². The molecule has 4 aromatic heterocycles. The zero-order chi connectivity index (χ0) is 22.4. The molecule has 6 rings (SSSR count). The number of hydrogen-bond donors (Lipinski definition) is 0. The summed E-state index contributed by atoms with van der Waals surface area (Å²) in [5, 5.41) is 0. The molecule has 0 atom stereocenters. The summed E-state index contributed by atoms with van der Waals surface area (Å²) in [5.74, 6) is 1.29. The van der Waals surface area contributed by atoms with Crippen LogP contribution < -0.4 is 0 Å². The summed E-state index contributed by atoms with van der Waals surface area (Å²) in [6.45, 7) is 4.11. The summed E-state index contributed by atoms with van der Waals surface area (Å²) < 4.78 is 3.63. The van der Waals surface area contributed by atoms with E-state index >= 15 is 0 Å². The van der Waals surface area contributed by atoms with Gasteiger partial charge in [0.25, 0.3) is 0 Å². The van der Waals surface area contributed by atoms with E-state index in [0.29, 0.717) is 11.6 Å². The molecule has 0 bridgehead atoms. The van der Waals surface area contributed by atoms with E-state index in [2.05, 4.69) is 46.4 Å². The van der Waals surface area contributed by atoms with E-state index in [1.54, 1.807) is 24.8 Å². The zero-order valence-corrected chi connectivity index (χ0v) is 19.9. The molecule has 168 valence electrons. The third-order valence-electron chi connectivity index (χ3n) is 5.77. The largest absolute Gasteiger partial charge is 2.00 e. The first-order valence-electron chi connectivity index (χ1n) is 10.5. The summed E-state index contributed by atoms with van der Waals surface area (Å²) in [5.41, 5.74) is 4.52. The molecule has 6 aromatic rings. The topological polar surface area (TPSA) is 87.2 Å². The molecule has 0 aliphatic rings. The number of para-hydroxylation sites is 4. The second-order valence-corrected chi connectivity index (χ2v) is 8.22. The van der Waals surface area contributed by atoms with Crippen molar-refractivity contribution >= 4 is 22.1 Å². The molecule has 4 heterocycles. The van der Waals surface area contributed by atoms with Gasteiger partial charge in [0.05, 0.1) is 28.4 Å². The first kappa shape index (κ1) is 22.0. The maximum Gasteiger partial charge on any atom is 2.00 e. The fourth-order valence-corrected chi connectivity index (χ4v) is 3.82.